The third kappa shape index (κ3) is 4.50. The molecule has 2 aromatic rings. The molecule has 0 aliphatic heterocycles. The minimum absolute atomic E-state index is 0.0943. The first-order chi connectivity index (χ1) is 12.2. The predicted octanol–water partition coefficient (Wildman–Crippen LogP) is 2.46. The fourth-order valence-electron chi connectivity index (χ4n) is 2.62. The molecule has 2 rings (SSSR count). The maximum absolute atomic E-state index is 13.8. The van der Waals surface area contributed by atoms with E-state index in [-0.39, 0.29) is 23.7 Å². The molecule has 0 spiro atoms. The third-order valence-corrected chi connectivity index (χ3v) is 5.90. The second kappa shape index (κ2) is 8.30. The van der Waals surface area contributed by atoms with Gasteiger partial charge < -0.3 is 5.73 Å². The second-order valence-electron chi connectivity index (χ2n) is 5.83. The van der Waals surface area contributed by atoms with Crippen LogP contribution in [0.2, 0.25) is 5.02 Å². The van der Waals surface area contributed by atoms with Gasteiger partial charge >= 0.3 is 0 Å². The van der Waals surface area contributed by atoms with Crippen molar-refractivity contribution in [1.29, 1.82) is 0 Å². The first kappa shape index (κ1) is 20.6. The van der Waals surface area contributed by atoms with E-state index in [2.05, 4.69) is 9.82 Å². The van der Waals surface area contributed by atoms with Crippen molar-refractivity contribution in [2.75, 3.05) is 13.6 Å². The summed E-state index contributed by atoms with van der Waals surface area (Å²) in [5.74, 6) is -0.294. The molecule has 0 aliphatic carbocycles. The van der Waals surface area contributed by atoms with Gasteiger partial charge in [-0.2, -0.15) is 5.10 Å². The Bertz CT molecular complexity index is 938. The molecule has 3 N–H and O–H groups in total. The maximum Gasteiger partial charge on any atom is 0.240 e. The number of benzene rings is 1. The van der Waals surface area contributed by atoms with Crippen LogP contribution in [-0.2, 0) is 23.0 Å². The fourth-order valence-corrected chi connectivity index (χ4v) is 3.68. The van der Waals surface area contributed by atoms with Crippen molar-refractivity contribution in [1.82, 2.24) is 14.5 Å². The van der Waals surface area contributed by atoms with Gasteiger partial charge in [-0.3, -0.25) is 4.68 Å². The number of nitrogens with one attached hydrogen (secondary N) is 1. The van der Waals surface area contributed by atoms with E-state index in [1.807, 2.05) is 13.8 Å². The standard InChI is InChI=1S/C17H22ClFN4O2S/c1-11-16(8-14(19)6-7-20)12(2)23(22-11)10-13-4-5-15(9-17(13)18)26(24,25)21-3/h4-6,9,21H,7-8,10,20H2,1-3H3. The molecule has 0 atom stereocenters. The van der Waals surface area contributed by atoms with E-state index >= 15 is 0 Å². The zero-order chi connectivity index (χ0) is 19.5. The van der Waals surface area contributed by atoms with Crippen molar-refractivity contribution in [2.24, 2.45) is 5.73 Å². The number of allylic oxidation sites excluding steroid dienone is 1. The summed E-state index contributed by atoms with van der Waals surface area (Å²) in [6, 6.07) is 4.54. The van der Waals surface area contributed by atoms with Gasteiger partial charge in [0.15, 0.2) is 0 Å². The average Bonchev–Trinajstić information content (AvgIpc) is 2.84. The molecule has 0 amide bonds. The summed E-state index contributed by atoms with van der Waals surface area (Å²) in [4.78, 5) is 0.0943. The van der Waals surface area contributed by atoms with Crippen LogP contribution in [-0.4, -0.2) is 31.8 Å². The number of halogens is 2. The lowest BCUT2D eigenvalue weighted by Crippen LogP contribution is -2.18. The monoisotopic (exact) mass is 400 g/mol. The summed E-state index contributed by atoms with van der Waals surface area (Å²) < 4.78 is 41.5. The van der Waals surface area contributed by atoms with Crippen LogP contribution in [0.1, 0.15) is 22.5 Å². The second-order valence-corrected chi connectivity index (χ2v) is 8.12. The summed E-state index contributed by atoms with van der Waals surface area (Å²) in [6.45, 7) is 4.18. The molecule has 0 saturated heterocycles. The van der Waals surface area contributed by atoms with Gasteiger partial charge in [-0.05, 0) is 44.7 Å². The molecule has 6 nitrogen and oxygen atoms in total. The summed E-state index contributed by atoms with van der Waals surface area (Å²) in [5.41, 5.74) is 8.41. The Morgan fingerprint density at radius 1 is 1.42 bits per heavy atom. The predicted molar refractivity (Wildman–Crippen MR) is 100 cm³/mol. The highest BCUT2D eigenvalue weighted by molar-refractivity contribution is 7.89. The first-order valence-corrected chi connectivity index (χ1v) is 9.85. The van der Waals surface area contributed by atoms with Gasteiger partial charge in [0.25, 0.3) is 0 Å². The van der Waals surface area contributed by atoms with Crippen LogP contribution in [0.25, 0.3) is 0 Å². The van der Waals surface area contributed by atoms with Gasteiger partial charge in [0.2, 0.25) is 10.0 Å². The number of rotatable bonds is 7. The zero-order valence-electron chi connectivity index (χ0n) is 14.9. The van der Waals surface area contributed by atoms with Gasteiger partial charge in [0.05, 0.1) is 17.1 Å². The summed E-state index contributed by atoms with van der Waals surface area (Å²) in [6.07, 6.45) is 1.48. The van der Waals surface area contributed by atoms with Crippen LogP contribution in [0.4, 0.5) is 4.39 Å². The number of aryl methyl sites for hydroxylation is 1. The third-order valence-electron chi connectivity index (χ3n) is 4.14. The maximum atomic E-state index is 13.8. The lowest BCUT2D eigenvalue weighted by molar-refractivity contribution is 0.588. The molecule has 1 aromatic carbocycles. The normalized spacial score (nSPS) is 12.6. The van der Waals surface area contributed by atoms with E-state index in [0.29, 0.717) is 11.6 Å². The van der Waals surface area contributed by atoms with Gasteiger partial charge in [0.1, 0.15) is 5.83 Å². The van der Waals surface area contributed by atoms with E-state index in [4.69, 9.17) is 17.3 Å². The molecular formula is C17H22ClFN4O2S. The first-order valence-electron chi connectivity index (χ1n) is 7.99. The molecular weight excluding hydrogens is 379 g/mol. The minimum atomic E-state index is -3.56. The van der Waals surface area contributed by atoms with Gasteiger partial charge in [0, 0.05) is 29.2 Å². The SMILES string of the molecule is CNS(=O)(=O)c1ccc(Cn2nc(C)c(CC(F)=CCN)c2C)c(Cl)c1. The molecule has 0 fully saturated rings. The highest BCUT2D eigenvalue weighted by Gasteiger charge is 2.16. The summed E-state index contributed by atoms with van der Waals surface area (Å²) in [7, 11) is -2.21. The number of hydrogen-bond acceptors (Lipinski definition) is 4. The fraction of sp³-hybridized carbons (Fsp3) is 0.353. The van der Waals surface area contributed by atoms with Crippen molar-refractivity contribution in [3.8, 4) is 0 Å². The van der Waals surface area contributed by atoms with Crippen molar-refractivity contribution < 1.29 is 12.8 Å². The minimum Gasteiger partial charge on any atom is -0.327 e. The van der Waals surface area contributed by atoms with E-state index < -0.39 is 10.0 Å². The lowest BCUT2D eigenvalue weighted by Gasteiger charge is -2.09. The molecule has 26 heavy (non-hydrogen) atoms. The molecule has 0 saturated carbocycles. The number of hydrogen-bond donors (Lipinski definition) is 2. The largest absolute Gasteiger partial charge is 0.327 e. The lowest BCUT2D eigenvalue weighted by atomic mass is 10.1. The number of nitrogens with zero attached hydrogens (tertiary/aromatic N) is 2. The highest BCUT2D eigenvalue weighted by Crippen LogP contribution is 2.24. The van der Waals surface area contributed by atoms with Crippen molar-refractivity contribution in [3.05, 3.63) is 57.6 Å². The Morgan fingerprint density at radius 2 is 2.12 bits per heavy atom. The quantitative estimate of drug-likeness (QED) is 0.747. The Labute approximate surface area is 157 Å². The molecule has 1 aromatic heterocycles. The van der Waals surface area contributed by atoms with E-state index in [1.165, 1.54) is 25.3 Å². The summed E-state index contributed by atoms with van der Waals surface area (Å²) >= 11 is 6.25. The number of nitrogens with two attached hydrogens (primary N) is 1. The van der Waals surface area contributed by atoms with Gasteiger partial charge in [-0.25, -0.2) is 17.5 Å². The topological polar surface area (TPSA) is 90.0 Å². The average molecular weight is 401 g/mol. The summed E-state index contributed by atoms with van der Waals surface area (Å²) in [5, 5.41) is 4.77. The molecule has 0 bridgehead atoms. The Kier molecular flexibility index (Phi) is 6.57. The van der Waals surface area contributed by atoms with Crippen molar-refractivity contribution >= 4 is 21.6 Å². The van der Waals surface area contributed by atoms with E-state index in [0.717, 1.165) is 22.5 Å². The van der Waals surface area contributed by atoms with Gasteiger partial charge in [-0.15, -0.1) is 0 Å². The molecule has 0 unspecified atom stereocenters. The van der Waals surface area contributed by atoms with Crippen LogP contribution < -0.4 is 10.5 Å². The number of aromatic nitrogens is 2. The molecule has 0 aliphatic rings. The van der Waals surface area contributed by atoms with Crippen molar-refractivity contribution in [3.63, 3.8) is 0 Å². The Hall–Kier alpha value is -1.74. The zero-order valence-corrected chi connectivity index (χ0v) is 16.5. The van der Waals surface area contributed by atoms with Gasteiger partial charge in [-0.1, -0.05) is 17.7 Å². The number of sulfonamides is 1. The van der Waals surface area contributed by atoms with Crippen molar-refractivity contribution in [2.45, 2.75) is 31.7 Å². The molecule has 9 heteroatoms. The Morgan fingerprint density at radius 3 is 2.69 bits per heavy atom. The Balaban J connectivity index is 2.31. The van der Waals surface area contributed by atoms with Crippen LogP contribution in [0.5, 0.6) is 0 Å². The smallest absolute Gasteiger partial charge is 0.240 e. The van der Waals surface area contributed by atoms with Crippen LogP contribution in [0, 0.1) is 13.8 Å². The highest BCUT2D eigenvalue weighted by atomic mass is 35.5. The van der Waals surface area contributed by atoms with Crippen LogP contribution in [0.3, 0.4) is 0 Å². The molecule has 142 valence electrons. The van der Waals surface area contributed by atoms with Crippen LogP contribution in [0.15, 0.2) is 35.0 Å². The molecule has 0 radical (unpaired) electrons. The molecule has 1 heterocycles. The van der Waals surface area contributed by atoms with E-state index in [1.54, 1.807) is 10.7 Å². The van der Waals surface area contributed by atoms with Crippen LogP contribution >= 0.6 is 11.6 Å². The van der Waals surface area contributed by atoms with E-state index in [9.17, 15) is 12.8 Å².